The molecule has 0 spiro atoms. The zero-order valence-electron chi connectivity index (χ0n) is 39.5. The van der Waals surface area contributed by atoms with Crippen LogP contribution in [0.1, 0.15) is 113 Å². The molecule has 23 atom stereocenters. The minimum atomic E-state index is -1.90. The Bertz CT molecular complexity index is 1790. The van der Waals surface area contributed by atoms with Crippen molar-refractivity contribution in [2.45, 2.75) is 211 Å². The standard InChI is InChI=1S/C48H78O18/c1-43(2)14-16-48(42(59)60)17-15-46(6)22(23(48)18-43)8-9-28-45(5)12-11-29(44(3,4)27(45)10-13-47(28,46)7)64-41-38(66-40-36(58)34(56)31(53)25(20-50)62-40)37(32(54)26(21-51)63-41)65-39-35(57)33(55)30(52)24(19-49)61-39/h8,23-41,49-58H,9-21H2,1-7H3,(H,59,60)/t23?,24-,25-,26-,27?,28?,29-,30+,31-,32-,33+,34+,35-,36-,37+,38-,39+,40+,41+,45+,46-,47-,48+/m1/s1. The van der Waals surface area contributed by atoms with Crippen LogP contribution in [0.25, 0.3) is 0 Å². The van der Waals surface area contributed by atoms with Gasteiger partial charge in [-0.25, -0.2) is 0 Å². The molecule has 66 heavy (non-hydrogen) atoms. The lowest BCUT2D eigenvalue weighted by atomic mass is 9.33. The van der Waals surface area contributed by atoms with Gasteiger partial charge < -0.3 is 84.6 Å². The largest absolute Gasteiger partial charge is 0.481 e. The first-order valence-corrected chi connectivity index (χ1v) is 24.3. The van der Waals surface area contributed by atoms with Crippen LogP contribution in [0.3, 0.4) is 0 Å². The van der Waals surface area contributed by atoms with Crippen molar-refractivity contribution in [2.75, 3.05) is 19.8 Å². The fraction of sp³-hybridized carbons (Fsp3) is 0.938. The van der Waals surface area contributed by atoms with Gasteiger partial charge in [0.2, 0.25) is 0 Å². The van der Waals surface area contributed by atoms with E-state index in [-0.39, 0.29) is 39.4 Å². The Hall–Kier alpha value is -1.43. The van der Waals surface area contributed by atoms with Crippen molar-refractivity contribution in [3.8, 4) is 0 Å². The number of fused-ring (bicyclic) bond motifs is 7. The minimum Gasteiger partial charge on any atom is -0.481 e. The molecular formula is C48H78O18. The number of aliphatic hydroxyl groups excluding tert-OH is 10. The van der Waals surface area contributed by atoms with Gasteiger partial charge in [0.15, 0.2) is 18.9 Å². The third-order valence-electron chi connectivity index (χ3n) is 19.4. The molecule has 8 rings (SSSR count). The second-order valence-electron chi connectivity index (χ2n) is 23.5. The Morgan fingerprint density at radius 1 is 0.606 bits per heavy atom. The number of aliphatic carboxylic acids is 1. The monoisotopic (exact) mass is 943 g/mol. The van der Waals surface area contributed by atoms with Crippen LogP contribution in [0.2, 0.25) is 0 Å². The SMILES string of the molecule is CC1(C)CC[C@]2(C(=O)O)CC[C@]3(C)C(=CCC4[C@@]5(C)CC[C@@H](O[C@@H]6O[C@H](CO)[C@@H](O)[C@H](O[C@@H]7O[C@H](CO)[C@H](O)[C@H](O)[C@H]7O)[C@H]6O[C@@H]6O[C@H](CO)[C@@H](O)[C@H](O)[C@H]6O)C(C)(C)C5CC[C@]43C)C2C1. The molecule has 5 aliphatic carbocycles. The zero-order valence-corrected chi connectivity index (χ0v) is 39.5. The van der Waals surface area contributed by atoms with E-state index in [2.05, 4.69) is 54.5 Å². The molecule has 0 aromatic heterocycles. The van der Waals surface area contributed by atoms with Gasteiger partial charge in [0, 0.05) is 0 Å². The molecule has 0 bridgehead atoms. The normalized spacial score (nSPS) is 53.3. The molecule has 0 aromatic rings. The van der Waals surface area contributed by atoms with E-state index in [1.807, 2.05) is 0 Å². The van der Waals surface area contributed by atoms with Gasteiger partial charge in [-0.2, -0.15) is 0 Å². The number of hydrogen-bond donors (Lipinski definition) is 11. The fourth-order valence-electron chi connectivity index (χ4n) is 15.1. The zero-order chi connectivity index (χ0) is 48.3. The number of rotatable bonds is 10. The van der Waals surface area contributed by atoms with E-state index >= 15 is 0 Å². The molecule has 3 aliphatic heterocycles. The number of carboxylic acids is 1. The molecular weight excluding hydrogens is 865 g/mol. The summed E-state index contributed by atoms with van der Waals surface area (Å²) in [4.78, 5) is 13.2. The number of carbonyl (C=O) groups is 1. The molecule has 18 nitrogen and oxygen atoms in total. The molecule has 4 saturated carbocycles. The first-order valence-electron chi connectivity index (χ1n) is 24.3. The molecule has 8 aliphatic rings. The summed E-state index contributed by atoms with van der Waals surface area (Å²) in [7, 11) is 0. The van der Waals surface area contributed by atoms with Crippen LogP contribution in [0.15, 0.2) is 11.6 Å². The van der Waals surface area contributed by atoms with E-state index in [0.717, 1.165) is 44.9 Å². The van der Waals surface area contributed by atoms with Crippen LogP contribution in [0, 0.1) is 50.2 Å². The second-order valence-corrected chi connectivity index (χ2v) is 23.5. The molecule has 3 unspecified atom stereocenters. The molecule has 3 saturated heterocycles. The predicted molar refractivity (Wildman–Crippen MR) is 231 cm³/mol. The molecule has 11 N–H and O–H groups in total. The third-order valence-corrected chi connectivity index (χ3v) is 19.4. The molecule has 378 valence electrons. The van der Waals surface area contributed by atoms with Crippen molar-refractivity contribution in [1.29, 1.82) is 0 Å². The Balaban J connectivity index is 1.10. The van der Waals surface area contributed by atoms with Crippen LogP contribution in [-0.2, 0) is 33.2 Å². The summed E-state index contributed by atoms with van der Waals surface area (Å²) in [6.07, 6.45) is -15.3. The first kappa shape index (κ1) is 50.9. The summed E-state index contributed by atoms with van der Waals surface area (Å²) in [5.41, 5.74) is -0.317. The summed E-state index contributed by atoms with van der Waals surface area (Å²) >= 11 is 0. The highest BCUT2D eigenvalue weighted by atomic mass is 16.8. The lowest BCUT2D eigenvalue weighted by Gasteiger charge is -2.71. The lowest BCUT2D eigenvalue weighted by Crippen LogP contribution is -2.68. The summed E-state index contributed by atoms with van der Waals surface area (Å²) in [6.45, 7) is 13.9. The highest BCUT2D eigenvalue weighted by molar-refractivity contribution is 5.76. The number of aliphatic hydroxyl groups is 10. The van der Waals surface area contributed by atoms with E-state index in [4.69, 9.17) is 28.4 Å². The summed E-state index contributed by atoms with van der Waals surface area (Å²) in [6, 6.07) is 0. The van der Waals surface area contributed by atoms with Gasteiger partial charge in [-0.15, -0.1) is 0 Å². The first-order chi connectivity index (χ1) is 30.9. The maximum absolute atomic E-state index is 13.2. The van der Waals surface area contributed by atoms with Crippen molar-refractivity contribution in [2.24, 2.45) is 50.2 Å². The smallest absolute Gasteiger partial charge is 0.310 e. The number of allylic oxidation sites excluding steroid dienone is 2. The molecule has 0 radical (unpaired) electrons. The van der Waals surface area contributed by atoms with Crippen LogP contribution < -0.4 is 0 Å². The summed E-state index contributed by atoms with van der Waals surface area (Å²) in [5.74, 6) is -0.261. The highest BCUT2D eigenvalue weighted by Crippen LogP contribution is 2.76. The van der Waals surface area contributed by atoms with E-state index in [1.165, 1.54) is 5.57 Å². The fourth-order valence-corrected chi connectivity index (χ4v) is 15.1. The second kappa shape index (κ2) is 18.0. The number of hydrogen-bond acceptors (Lipinski definition) is 17. The topological polar surface area (TPSA) is 295 Å². The molecule has 7 fully saturated rings. The predicted octanol–water partition coefficient (Wildman–Crippen LogP) is 0.706. The summed E-state index contributed by atoms with van der Waals surface area (Å²) in [5, 5.41) is 117. The van der Waals surface area contributed by atoms with E-state index in [0.29, 0.717) is 19.3 Å². The quantitative estimate of drug-likeness (QED) is 0.106. The van der Waals surface area contributed by atoms with Crippen molar-refractivity contribution in [3.05, 3.63) is 11.6 Å². The summed E-state index contributed by atoms with van der Waals surface area (Å²) < 4.78 is 37.1. The van der Waals surface area contributed by atoms with Crippen molar-refractivity contribution in [1.82, 2.24) is 0 Å². The number of carboxylic acid groups (broad SMARTS) is 1. The number of ether oxygens (including phenoxy) is 6. The maximum Gasteiger partial charge on any atom is 0.310 e. The van der Waals surface area contributed by atoms with E-state index < -0.39 is 135 Å². The average molecular weight is 943 g/mol. The maximum atomic E-state index is 13.2. The van der Waals surface area contributed by atoms with Gasteiger partial charge in [-0.1, -0.05) is 60.1 Å². The highest BCUT2D eigenvalue weighted by Gasteiger charge is 2.70. The van der Waals surface area contributed by atoms with Gasteiger partial charge >= 0.3 is 5.97 Å². The van der Waals surface area contributed by atoms with Gasteiger partial charge in [0.25, 0.3) is 0 Å². The van der Waals surface area contributed by atoms with Gasteiger partial charge in [0.05, 0.1) is 31.3 Å². The molecule has 18 heteroatoms. The van der Waals surface area contributed by atoms with Gasteiger partial charge in [0.1, 0.15) is 73.2 Å². The lowest BCUT2D eigenvalue weighted by molar-refractivity contribution is -0.399. The van der Waals surface area contributed by atoms with Crippen LogP contribution >= 0.6 is 0 Å². The Labute approximate surface area is 387 Å². The van der Waals surface area contributed by atoms with Crippen LogP contribution in [0.5, 0.6) is 0 Å². The Morgan fingerprint density at radius 3 is 1.70 bits per heavy atom. The Kier molecular flexibility index (Phi) is 13.9. The molecule has 3 heterocycles. The van der Waals surface area contributed by atoms with Crippen molar-refractivity contribution < 1.29 is 89.4 Å². The van der Waals surface area contributed by atoms with E-state index in [1.54, 1.807) is 0 Å². The van der Waals surface area contributed by atoms with Gasteiger partial charge in [-0.3, -0.25) is 4.79 Å². The van der Waals surface area contributed by atoms with Gasteiger partial charge in [-0.05, 0) is 109 Å². The average Bonchev–Trinajstić information content (AvgIpc) is 3.26. The van der Waals surface area contributed by atoms with E-state index in [9.17, 15) is 61.0 Å². The minimum absolute atomic E-state index is 0.00945. The van der Waals surface area contributed by atoms with Crippen molar-refractivity contribution >= 4 is 5.97 Å². The third kappa shape index (κ3) is 7.87. The van der Waals surface area contributed by atoms with Crippen LogP contribution in [0.4, 0.5) is 0 Å². The van der Waals surface area contributed by atoms with Crippen molar-refractivity contribution in [3.63, 3.8) is 0 Å². The van der Waals surface area contributed by atoms with Crippen LogP contribution in [-0.4, -0.2) is 180 Å². The molecule has 0 amide bonds. The molecule has 0 aromatic carbocycles. The Morgan fingerprint density at radius 2 is 1.14 bits per heavy atom.